The van der Waals surface area contributed by atoms with Crippen LogP contribution < -0.4 is 10.1 Å². The van der Waals surface area contributed by atoms with E-state index in [-0.39, 0.29) is 0 Å². The fourth-order valence-electron chi connectivity index (χ4n) is 2.67. The van der Waals surface area contributed by atoms with Gasteiger partial charge in [-0.05, 0) is 43.6 Å². The molecule has 1 aliphatic rings. The van der Waals surface area contributed by atoms with E-state index in [1.165, 1.54) is 25.1 Å². The fourth-order valence-corrected chi connectivity index (χ4v) is 2.67. The van der Waals surface area contributed by atoms with Crippen LogP contribution in [-0.2, 0) is 0 Å². The summed E-state index contributed by atoms with van der Waals surface area (Å²) in [7, 11) is 3.75. The van der Waals surface area contributed by atoms with E-state index in [0.717, 1.165) is 18.2 Å². The molecular weight excluding hydrogens is 224 g/mol. The molecule has 0 saturated carbocycles. The van der Waals surface area contributed by atoms with Crippen molar-refractivity contribution in [1.29, 1.82) is 0 Å². The number of methoxy groups -OCH3 is 1. The molecule has 1 aromatic carbocycles. The van der Waals surface area contributed by atoms with Gasteiger partial charge in [-0.3, -0.25) is 0 Å². The Balaban J connectivity index is 2.03. The van der Waals surface area contributed by atoms with E-state index in [1.807, 2.05) is 13.1 Å². The Bertz CT molecular complexity index is 381. The normalized spacial score (nSPS) is 22.1. The lowest BCUT2D eigenvalue weighted by Crippen LogP contribution is -2.32. The lowest BCUT2D eigenvalue weighted by Gasteiger charge is -2.24. The van der Waals surface area contributed by atoms with Crippen molar-refractivity contribution < 1.29 is 4.74 Å². The lowest BCUT2D eigenvalue weighted by molar-refractivity contribution is 0.290. The summed E-state index contributed by atoms with van der Waals surface area (Å²) in [5, 5.41) is 3.41. The maximum absolute atomic E-state index is 5.30. The second kappa shape index (κ2) is 6.21. The minimum Gasteiger partial charge on any atom is -0.497 e. The molecule has 1 heterocycles. The lowest BCUT2D eigenvalue weighted by atomic mass is 10.1. The van der Waals surface area contributed by atoms with Crippen LogP contribution in [0.1, 0.15) is 24.9 Å². The van der Waals surface area contributed by atoms with Crippen molar-refractivity contribution in [2.45, 2.75) is 19.4 Å². The van der Waals surface area contributed by atoms with Crippen LogP contribution in [0.3, 0.4) is 0 Å². The molecule has 1 saturated heterocycles. The third-order valence-electron chi connectivity index (χ3n) is 3.79. The average molecular weight is 248 g/mol. The summed E-state index contributed by atoms with van der Waals surface area (Å²) in [6.45, 7) is 5.86. The summed E-state index contributed by atoms with van der Waals surface area (Å²) >= 11 is 0. The molecule has 0 bridgehead atoms. The van der Waals surface area contributed by atoms with Crippen molar-refractivity contribution in [2.75, 3.05) is 33.8 Å². The fraction of sp³-hybridized carbons (Fsp3) is 0.600. The van der Waals surface area contributed by atoms with Gasteiger partial charge in [-0.2, -0.15) is 0 Å². The molecule has 2 atom stereocenters. The molecule has 1 aromatic rings. The first kappa shape index (κ1) is 13.4. The molecule has 100 valence electrons. The molecule has 0 radical (unpaired) electrons. The Labute approximate surface area is 110 Å². The number of rotatable bonds is 5. The van der Waals surface area contributed by atoms with Crippen LogP contribution in [-0.4, -0.2) is 38.7 Å². The molecule has 0 aliphatic carbocycles. The van der Waals surface area contributed by atoms with Gasteiger partial charge in [-0.15, -0.1) is 0 Å². The van der Waals surface area contributed by atoms with Gasteiger partial charge in [0, 0.05) is 19.1 Å². The van der Waals surface area contributed by atoms with Crippen molar-refractivity contribution in [2.24, 2.45) is 5.92 Å². The topological polar surface area (TPSA) is 24.5 Å². The van der Waals surface area contributed by atoms with Gasteiger partial charge in [-0.1, -0.05) is 19.1 Å². The first-order chi connectivity index (χ1) is 8.72. The number of nitrogens with zero attached hydrogens (tertiary/aromatic N) is 1. The van der Waals surface area contributed by atoms with Crippen LogP contribution in [0.15, 0.2) is 24.3 Å². The third-order valence-corrected chi connectivity index (χ3v) is 3.79. The van der Waals surface area contributed by atoms with Crippen LogP contribution >= 0.6 is 0 Å². The highest BCUT2D eigenvalue weighted by molar-refractivity contribution is 5.30. The molecule has 1 aliphatic heterocycles. The Morgan fingerprint density at radius 1 is 1.50 bits per heavy atom. The first-order valence-corrected chi connectivity index (χ1v) is 6.76. The molecule has 3 heteroatoms. The summed E-state index contributed by atoms with van der Waals surface area (Å²) in [4.78, 5) is 2.55. The second-order valence-electron chi connectivity index (χ2n) is 5.27. The van der Waals surface area contributed by atoms with Crippen molar-refractivity contribution in [1.82, 2.24) is 10.2 Å². The van der Waals surface area contributed by atoms with Crippen LogP contribution in [0.2, 0.25) is 0 Å². The Hall–Kier alpha value is -1.06. The Morgan fingerprint density at radius 3 is 2.94 bits per heavy atom. The summed E-state index contributed by atoms with van der Waals surface area (Å²) < 4.78 is 5.30. The number of nitrogens with one attached hydrogen (secondary N) is 1. The van der Waals surface area contributed by atoms with Gasteiger partial charge in [0.15, 0.2) is 0 Å². The Kier molecular flexibility index (Phi) is 4.61. The zero-order valence-electron chi connectivity index (χ0n) is 11.6. The minimum atomic E-state index is 0.380. The van der Waals surface area contributed by atoms with Crippen molar-refractivity contribution >= 4 is 0 Å². The number of likely N-dealkylation sites (tertiary alicyclic amines) is 1. The zero-order valence-corrected chi connectivity index (χ0v) is 11.6. The molecule has 2 unspecified atom stereocenters. The van der Waals surface area contributed by atoms with Crippen LogP contribution in [0, 0.1) is 5.92 Å². The molecular formula is C15H24N2O. The zero-order chi connectivity index (χ0) is 13.0. The van der Waals surface area contributed by atoms with Crippen molar-refractivity contribution in [3.8, 4) is 5.75 Å². The van der Waals surface area contributed by atoms with Crippen LogP contribution in [0.4, 0.5) is 0 Å². The number of hydrogen-bond acceptors (Lipinski definition) is 3. The van der Waals surface area contributed by atoms with Crippen LogP contribution in [0.5, 0.6) is 5.75 Å². The van der Waals surface area contributed by atoms with E-state index in [4.69, 9.17) is 4.74 Å². The van der Waals surface area contributed by atoms with E-state index in [2.05, 4.69) is 35.3 Å². The van der Waals surface area contributed by atoms with Gasteiger partial charge >= 0.3 is 0 Å². The van der Waals surface area contributed by atoms with Gasteiger partial charge in [0.1, 0.15) is 5.75 Å². The predicted octanol–water partition coefficient (Wildman–Crippen LogP) is 2.30. The number of likely N-dealkylation sites (N-methyl/N-ethyl adjacent to an activating group) is 1. The van der Waals surface area contributed by atoms with Gasteiger partial charge in [-0.25, -0.2) is 0 Å². The third kappa shape index (κ3) is 3.24. The van der Waals surface area contributed by atoms with E-state index < -0.39 is 0 Å². The molecule has 0 aromatic heterocycles. The molecule has 0 spiro atoms. The minimum absolute atomic E-state index is 0.380. The summed E-state index contributed by atoms with van der Waals surface area (Å²) in [6, 6.07) is 8.73. The molecule has 2 rings (SSSR count). The SMILES string of the molecule is CNC(CN1CCC(C)C1)c1cccc(OC)c1. The largest absolute Gasteiger partial charge is 0.497 e. The summed E-state index contributed by atoms with van der Waals surface area (Å²) in [5.41, 5.74) is 1.30. The average Bonchev–Trinajstić information content (AvgIpc) is 2.81. The van der Waals surface area contributed by atoms with E-state index >= 15 is 0 Å². The monoisotopic (exact) mass is 248 g/mol. The highest BCUT2D eigenvalue weighted by Gasteiger charge is 2.22. The summed E-state index contributed by atoms with van der Waals surface area (Å²) in [6.07, 6.45) is 1.33. The second-order valence-corrected chi connectivity index (χ2v) is 5.27. The smallest absolute Gasteiger partial charge is 0.119 e. The quantitative estimate of drug-likeness (QED) is 0.865. The molecule has 1 N–H and O–H groups in total. The maximum Gasteiger partial charge on any atom is 0.119 e. The van der Waals surface area contributed by atoms with E-state index in [1.54, 1.807) is 7.11 Å². The van der Waals surface area contributed by atoms with Crippen LogP contribution in [0.25, 0.3) is 0 Å². The number of benzene rings is 1. The predicted molar refractivity (Wildman–Crippen MR) is 75.0 cm³/mol. The molecule has 1 fully saturated rings. The summed E-state index contributed by atoms with van der Waals surface area (Å²) in [5.74, 6) is 1.77. The highest BCUT2D eigenvalue weighted by Crippen LogP contribution is 2.22. The molecule has 18 heavy (non-hydrogen) atoms. The van der Waals surface area contributed by atoms with Gasteiger partial charge in [0.25, 0.3) is 0 Å². The first-order valence-electron chi connectivity index (χ1n) is 6.76. The molecule has 3 nitrogen and oxygen atoms in total. The number of hydrogen-bond donors (Lipinski definition) is 1. The standard InChI is InChI=1S/C15H24N2O/c1-12-7-8-17(10-12)11-15(16-2)13-5-4-6-14(9-13)18-3/h4-6,9,12,15-16H,7-8,10-11H2,1-3H3. The van der Waals surface area contributed by atoms with Gasteiger partial charge in [0.05, 0.1) is 7.11 Å². The Morgan fingerprint density at radius 2 is 2.33 bits per heavy atom. The highest BCUT2D eigenvalue weighted by atomic mass is 16.5. The van der Waals surface area contributed by atoms with Gasteiger partial charge < -0.3 is 15.0 Å². The van der Waals surface area contributed by atoms with E-state index in [9.17, 15) is 0 Å². The van der Waals surface area contributed by atoms with Gasteiger partial charge in [0.2, 0.25) is 0 Å². The van der Waals surface area contributed by atoms with Crippen molar-refractivity contribution in [3.05, 3.63) is 29.8 Å². The molecule has 0 amide bonds. The maximum atomic E-state index is 5.30. The van der Waals surface area contributed by atoms with Crippen molar-refractivity contribution in [3.63, 3.8) is 0 Å². The number of ether oxygens (including phenoxy) is 1. The van der Waals surface area contributed by atoms with E-state index in [0.29, 0.717) is 6.04 Å².